The van der Waals surface area contributed by atoms with E-state index in [4.69, 9.17) is 4.74 Å². The van der Waals surface area contributed by atoms with E-state index in [-0.39, 0.29) is 18.1 Å². The molecule has 0 spiro atoms. The number of thiazole rings is 1. The lowest BCUT2D eigenvalue weighted by Gasteiger charge is -2.06. The van der Waals surface area contributed by atoms with Gasteiger partial charge in [-0.15, -0.1) is 11.3 Å². The topological polar surface area (TPSA) is 51.2 Å². The Kier molecular flexibility index (Phi) is 5.40. The van der Waals surface area contributed by atoms with E-state index in [2.05, 4.69) is 10.3 Å². The van der Waals surface area contributed by atoms with Gasteiger partial charge in [0.15, 0.2) is 0 Å². The molecule has 1 N–H and O–H groups in total. The third kappa shape index (κ3) is 4.64. The van der Waals surface area contributed by atoms with Crippen LogP contribution in [-0.2, 0) is 17.8 Å². The zero-order valence-electron chi connectivity index (χ0n) is 13.7. The van der Waals surface area contributed by atoms with Crippen molar-refractivity contribution in [2.75, 3.05) is 7.11 Å². The maximum atomic E-state index is 13.0. The number of hydrogen-bond acceptors (Lipinski definition) is 4. The molecule has 6 heteroatoms. The van der Waals surface area contributed by atoms with E-state index in [0.29, 0.717) is 12.2 Å². The van der Waals surface area contributed by atoms with Crippen molar-refractivity contribution in [2.24, 2.45) is 0 Å². The summed E-state index contributed by atoms with van der Waals surface area (Å²) in [6, 6.07) is 13.7. The smallest absolute Gasteiger partial charge is 0.226 e. The van der Waals surface area contributed by atoms with Crippen molar-refractivity contribution < 1.29 is 13.9 Å². The van der Waals surface area contributed by atoms with Crippen molar-refractivity contribution in [3.8, 4) is 16.3 Å². The highest BCUT2D eigenvalue weighted by Crippen LogP contribution is 2.24. The summed E-state index contributed by atoms with van der Waals surface area (Å²) in [5.41, 5.74) is 2.51. The zero-order chi connectivity index (χ0) is 17.6. The summed E-state index contributed by atoms with van der Waals surface area (Å²) in [7, 11) is 1.61. The first-order chi connectivity index (χ1) is 12.1. The fourth-order valence-electron chi connectivity index (χ4n) is 2.32. The summed E-state index contributed by atoms with van der Waals surface area (Å²) in [5.74, 6) is 0.381. The van der Waals surface area contributed by atoms with Gasteiger partial charge in [0.2, 0.25) is 5.91 Å². The molecule has 3 aromatic rings. The molecule has 3 rings (SSSR count). The van der Waals surface area contributed by atoms with Crippen LogP contribution in [0.3, 0.4) is 0 Å². The average Bonchev–Trinajstić information content (AvgIpc) is 3.09. The fourth-order valence-corrected chi connectivity index (χ4v) is 3.15. The molecular weight excluding hydrogens is 339 g/mol. The van der Waals surface area contributed by atoms with Crippen LogP contribution in [0, 0.1) is 5.82 Å². The molecule has 0 aliphatic rings. The Hall–Kier alpha value is -2.73. The van der Waals surface area contributed by atoms with Gasteiger partial charge in [0, 0.05) is 17.5 Å². The second-order valence-corrected chi connectivity index (χ2v) is 6.31. The van der Waals surface area contributed by atoms with E-state index < -0.39 is 0 Å². The first-order valence-corrected chi connectivity index (χ1v) is 8.62. The summed E-state index contributed by atoms with van der Waals surface area (Å²) in [6.45, 7) is 0.436. The van der Waals surface area contributed by atoms with E-state index in [1.54, 1.807) is 19.2 Å². The number of ether oxygens (including phenoxy) is 1. The van der Waals surface area contributed by atoms with Crippen molar-refractivity contribution in [1.82, 2.24) is 10.3 Å². The highest BCUT2D eigenvalue weighted by Gasteiger charge is 2.09. The minimum Gasteiger partial charge on any atom is -0.497 e. The van der Waals surface area contributed by atoms with Gasteiger partial charge in [0.05, 0.1) is 19.2 Å². The van der Waals surface area contributed by atoms with Crippen LogP contribution in [0.15, 0.2) is 53.9 Å². The van der Waals surface area contributed by atoms with Gasteiger partial charge in [-0.05, 0) is 42.0 Å². The van der Waals surface area contributed by atoms with Crippen LogP contribution in [-0.4, -0.2) is 18.0 Å². The molecule has 0 aliphatic carbocycles. The second-order valence-electron chi connectivity index (χ2n) is 5.46. The quantitative estimate of drug-likeness (QED) is 0.731. The van der Waals surface area contributed by atoms with Crippen molar-refractivity contribution >= 4 is 17.2 Å². The first-order valence-electron chi connectivity index (χ1n) is 7.74. The Bertz CT molecular complexity index is 862. The normalized spacial score (nSPS) is 10.5. The molecule has 4 nitrogen and oxygen atoms in total. The summed E-state index contributed by atoms with van der Waals surface area (Å²) in [5, 5.41) is 5.50. The molecule has 1 amide bonds. The molecule has 128 valence electrons. The standard InChI is InChI=1S/C19H17FN2O2S/c1-24-17-4-2-3-13(9-17)11-21-18(23)10-16-12-25-19(22-16)14-5-7-15(20)8-6-14/h2-9,12H,10-11H2,1H3,(H,21,23). The Balaban J connectivity index is 1.57. The van der Waals surface area contributed by atoms with Gasteiger partial charge in [-0.3, -0.25) is 4.79 Å². The summed E-state index contributed by atoms with van der Waals surface area (Å²) < 4.78 is 18.1. The Morgan fingerprint density at radius 2 is 2.04 bits per heavy atom. The predicted octanol–water partition coefficient (Wildman–Crippen LogP) is 3.82. The van der Waals surface area contributed by atoms with Crippen molar-refractivity contribution in [3.05, 3.63) is 71.0 Å². The molecule has 0 unspecified atom stereocenters. The van der Waals surface area contributed by atoms with E-state index in [1.807, 2.05) is 29.6 Å². The van der Waals surface area contributed by atoms with Crippen LogP contribution >= 0.6 is 11.3 Å². The molecule has 0 fully saturated rings. The molecule has 0 bridgehead atoms. The molecular formula is C19H17FN2O2S. The monoisotopic (exact) mass is 356 g/mol. The number of carbonyl (C=O) groups excluding carboxylic acids is 1. The van der Waals surface area contributed by atoms with E-state index >= 15 is 0 Å². The number of aromatic nitrogens is 1. The highest BCUT2D eigenvalue weighted by molar-refractivity contribution is 7.13. The molecule has 0 aliphatic heterocycles. The molecule has 1 aromatic heterocycles. The van der Waals surface area contributed by atoms with Gasteiger partial charge in [0.25, 0.3) is 0 Å². The Morgan fingerprint density at radius 1 is 1.24 bits per heavy atom. The van der Waals surface area contributed by atoms with Gasteiger partial charge in [-0.25, -0.2) is 9.37 Å². The number of carbonyl (C=O) groups is 1. The largest absolute Gasteiger partial charge is 0.497 e. The van der Waals surface area contributed by atoms with Gasteiger partial charge in [-0.2, -0.15) is 0 Å². The molecule has 0 saturated heterocycles. The third-order valence-electron chi connectivity index (χ3n) is 3.61. The van der Waals surface area contributed by atoms with E-state index in [1.165, 1.54) is 23.5 Å². The molecule has 0 radical (unpaired) electrons. The number of methoxy groups -OCH3 is 1. The number of amides is 1. The second kappa shape index (κ2) is 7.90. The van der Waals surface area contributed by atoms with Crippen molar-refractivity contribution in [2.45, 2.75) is 13.0 Å². The lowest BCUT2D eigenvalue weighted by Crippen LogP contribution is -2.24. The van der Waals surface area contributed by atoms with Crippen LogP contribution < -0.4 is 10.1 Å². The molecule has 0 atom stereocenters. The third-order valence-corrected chi connectivity index (χ3v) is 4.55. The lowest BCUT2D eigenvalue weighted by atomic mass is 10.2. The van der Waals surface area contributed by atoms with Crippen LogP contribution in [0.1, 0.15) is 11.3 Å². The average molecular weight is 356 g/mol. The zero-order valence-corrected chi connectivity index (χ0v) is 14.5. The molecule has 2 aromatic carbocycles. The maximum absolute atomic E-state index is 13.0. The SMILES string of the molecule is COc1cccc(CNC(=O)Cc2csc(-c3ccc(F)cc3)n2)c1. The fraction of sp³-hybridized carbons (Fsp3) is 0.158. The minimum atomic E-state index is -0.280. The Morgan fingerprint density at radius 3 is 2.80 bits per heavy atom. The number of hydrogen-bond donors (Lipinski definition) is 1. The van der Waals surface area contributed by atoms with Crippen molar-refractivity contribution in [1.29, 1.82) is 0 Å². The van der Waals surface area contributed by atoms with Crippen molar-refractivity contribution in [3.63, 3.8) is 0 Å². The number of rotatable bonds is 6. The van der Waals surface area contributed by atoms with Crippen LogP contribution in [0.4, 0.5) is 4.39 Å². The molecule has 1 heterocycles. The summed E-state index contributed by atoms with van der Waals surface area (Å²) in [6.07, 6.45) is 0.210. The van der Waals surface area contributed by atoms with Crippen LogP contribution in [0.5, 0.6) is 5.75 Å². The lowest BCUT2D eigenvalue weighted by molar-refractivity contribution is -0.120. The van der Waals surface area contributed by atoms with E-state index in [9.17, 15) is 9.18 Å². The maximum Gasteiger partial charge on any atom is 0.226 e. The Labute approximate surface area is 149 Å². The minimum absolute atomic E-state index is 0.0984. The summed E-state index contributed by atoms with van der Waals surface area (Å²) in [4.78, 5) is 16.6. The first kappa shape index (κ1) is 17.1. The van der Waals surface area contributed by atoms with Crippen LogP contribution in [0.2, 0.25) is 0 Å². The number of halogens is 1. The van der Waals surface area contributed by atoms with Gasteiger partial charge >= 0.3 is 0 Å². The van der Waals surface area contributed by atoms with Gasteiger partial charge < -0.3 is 10.1 Å². The number of nitrogens with zero attached hydrogens (tertiary/aromatic N) is 1. The number of benzene rings is 2. The van der Waals surface area contributed by atoms with Crippen LogP contribution in [0.25, 0.3) is 10.6 Å². The van der Waals surface area contributed by atoms with E-state index in [0.717, 1.165) is 21.9 Å². The number of nitrogens with one attached hydrogen (secondary N) is 1. The summed E-state index contributed by atoms with van der Waals surface area (Å²) >= 11 is 1.44. The molecule has 25 heavy (non-hydrogen) atoms. The highest BCUT2D eigenvalue weighted by atomic mass is 32.1. The van der Waals surface area contributed by atoms with Gasteiger partial charge in [-0.1, -0.05) is 12.1 Å². The van der Waals surface area contributed by atoms with Gasteiger partial charge in [0.1, 0.15) is 16.6 Å². The molecule has 0 saturated carbocycles. The predicted molar refractivity (Wildman–Crippen MR) is 96.1 cm³/mol.